The summed E-state index contributed by atoms with van der Waals surface area (Å²) in [6.07, 6.45) is 0. The first-order valence-electron chi connectivity index (χ1n) is 3.90. The third kappa shape index (κ3) is 1.63. The highest BCUT2D eigenvalue weighted by atomic mass is 16.6. The molecule has 0 amide bonds. The van der Waals surface area contributed by atoms with Crippen LogP contribution in [0, 0.1) is 0 Å². The summed E-state index contributed by atoms with van der Waals surface area (Å²) < 4.78 is 4.61. The maximum Gasteiger partial charge on any atom is 0.707 e. The topological polar surface area (TPSA) is 98.3 Å². The van der Waals surface area contributed by atoms with Gasteiger partial charge in [-0.15, -0.1) is 0 Å². The summed E-state index contributed by atoms with van der Waals surface area (Å²) in [6, 6.07) is 4.61. The van der Waals surface area contributed by atoms with Crippen LogP contribution in [0.5, 0.6) is 5.75 Å². The van der Waals surface area contributed by atoms with Gasteiger partial charge in [0.25, 0.3) is 0 Å². The van der Waals surface area contributed by atoms with E-state index in [1.54, 1.807) is 6.07 Å². The summed E-state index contributed by atoms with van der Waals surface area (Å²) in [6.45, 7) is 0. The van der Waals surface area contributed by atoms with Gasteiger partial charge in [-0.2, -0.15) is 0 Å². The van der Waals surface area contributed by atoms with E-state index in [2.05, 4.69) is 14.6 Å². The molecule has 0 saturated carbocycles. The van der Waals surface area contributed by atoms with Crippen molar-refractivity contribution in [1.82, 2.24) is 9.97 Å². The van der Waals surface area contributed by atoms with Gasteiger partial charge >= 0.3 is 13.0 Å². The van der Waals surface area contributed by atoms with E-state index >= 15 is 0 Å². The number of H-pyrrole nitrogens is 2. The Balaban J connectivity index is 2.45. The molecule has 2 rings (SSSR count). The maximum atomic E-state index is 10.9. The number of imidazole rings is 1. The molecular weight excluding hydrogens is 187 g/mol. The summed E-state index contributed by atoms with van der Waals surface area (Å²) in [7, 11) is -1.86. The average Bonchev–Trinajstić information content (AvgIpc) is 2.42. The monoisotopic (exact) mass is 194 g/mol. The van der Waals surface area contributed by atoms with Gasteiger partial charge in [0.1, 0.15) is 5.75 Å². The number of nitrogens with one attached hydrogen (secondary N) is 2. The van der Waals surface area contributed by atoms with Gasteiger partial charge in [-0.05, 0) is 12.1 Å². The lowest BCUT2D eigenvalue weighted by Gasteiger charge is -2.03. The molecule has 0 fully saturated rings. The van der Waals surface area contributed by atoms with Gasteiger partial charge in [0.05, 0.1) is 11.0 Å². The fourth-order valence-electron chi connectivity index (χ4n) is 1.21. The molecular formula is C7H7BN2O4. The Hall–Kier alpha value is -1.73. The largest absolute Gasteiger partial charge is 0.707 e. The lowest BCUT2D eigenvalue weighted by Crippen LogP contribution is -2.20. The molecule has 1 aromatic carbocycles. The van der Waals surface area contributed by atoms with Crippen LogP contribution in [0.15, 0.2) is 23.0 Å². The minimum Gasteiger partial charge on any atom is -0.512 e. The molecule has 1 heterocycles. The predicted octanol–water partition coefficient (Wildman–Crippen LogP) is -0.796. The zero-order valence-electron chi connectivity index (χ0n) is 7.02. The number of aromatic nitrogens is 2. The van der Waals surface area contributed by atoms with E-state index in [4.69, 9.17) is 10.0 Å². The molecule has 0 aliphatic carbocycles. The molecule has 0 radical (unpaired) electrons. The predicted molar refractivity (Wildman–Crippen MR) is 49.7 cm³/mol. The number of fused-ring (bicyclic) bond motifs is 1. The van der Waals surface area contributed by atoms with Crippen molar-refractivity contribution in [3.63, 3.8) is 0 Å². The maximum absolute atomic E-state index is 10.9. The Morgan fingerprint density at radius 2 is 1.93 bits per heavy atom. The van der Waals surface area contributed by atoms with Gasteiger partial charge in [-0.1, -0.05) is 0 Å². The number of hydrogen-bond acceptors (Lipinski definition) is 4. The lowest BCUT2D eigenvalue weighted by molar-refractivity contribution is 0.288. The zero-order chi connectivity index (χ0) is 10.1. The van der Waals surface area contributed by atoms with E-state index in [1.165, 1.54) is 12.1 Å². The number of benzene rings is 1. The second-order valence-corrected chi connectivity index (χ2v) is 2.73. The lowest BCUT2D eigenvalue weighted by atomic mass is 10.2. The Labute approximate surface area is 78.3 Å². The van der Waals surface area contributed by atoms with Crippen molar-refractivity contribution in [1.29, 1.82) is 0 Å². The summed E-state index contributed by atoms with van der Waals surface area (Å²) in [5.41, 5.74) is 0.865. The SMILES string of the molecule is O=c1[nH]c2ccc(OB(O)O)cc2[nH]1. The molecule has 1 aromatic heterocycles. The van der Waals surface area contributed by atoms with Crippen molar-refractivity contribution in [2.24, 2.45) is 0 Å². The highest BCUT2D eigenvalue weighted by Gasteiger charge is 2.11. The summed E-state index contributed by atoms with van der Waals surface area (Å²) in [4.78, 5) is 15.9. The molecule has 2 aromatic rings. The second-order valence-electron chi connectivity index (χ2n) is 2.73. The van der Waals surface area contributed by atoms with Crippen LogP contribution < -0.4 is 10.3 Å². The normalized spacial score (nSPS) is 10.4. The van der Waals surface area contributed by atoms with E-state index in [0.29, 0.717) is 11.0 Å². The standard InChI is InChI=1S/C7H7BN2O4/c11-7-9-5-2-1-4(14-8(12)13)3-6(5)10-7/h1-3,12-13H,(H2,9,10,11). The van der Waals surface area contributed by atoms with Gasteiger partial charge in [0.15, 0.2) is 0 Å². The average molecular weight is 194 g/mol. The van der Waals surface area contributed by atoms with E-state index in [9.17, 15) is 4.79 Å². The first-order chi connectivity index (χ1) is 6.65. The number of hydrogen-bond donors (Lipinski definition) is 4. The minimum absolute atomic E-state index is 0.266. The molecule has 0 saturated heterocycles. The first kappa shape index (κ1) is 8.85. The zero-order valence-corrected chi connectivity index (χ0v) is 7.02. The smallest absolute Gasteiger partial charge is 0.512 e. The Morgan fingerprint density at radius 1 is 1.21 bits per heavy atom. The van der Waals surface area contributed by atoms with Crippen molar-refractivity contribution >= 4 is 18.4 Å². The molecule has 0 aliphatic rings. The Kier molecular flexibility index (Phi) is 2.03. The second kappa shape index (κ2) is 3.20. The summed E-state index contributed by atoms with van der Waals surface area (Å²) >= 11 is 0. The molecule has 6 nitrogen and oxygen atoms in total. The highest BCUT2D eigenvalue weighted by Crippen LogP contribution is 2.16. The van der Waals surface area contributed by atoms with Crippen molar-refractivity contribution in [2.45, 2.75) is 0 Å². The third-order valence-corrected chi connectivity index (χ3v) is 1.73. The quantitative estimate of drug-likeness (QED) is 0.470. The van der Waals surface area contributed by atoms with Crippen LogP contribution >= 0.6 is 0 Å². The van der Waals surface area contributed by atoms with Gasteiger partial charge in [0, 0.05) is 6.07 Å². The highest BCUT2D eigenvalue weighted by molar-refractivity contribution is 6.33. The van der Waals surface area contributed by atoms with E-state index in [1.807, 2.05) is 0 Å². The van der Waals surface area contributed by atoms with Crippen LogP contribution in [0.1, 0.15) is 0 Å². The molecule has 72 valence electrons. The van der Waals surface area contributed by atoms with Crippen molar-refractivity contribution in [3.8, 4) is 5.75 Å². The van der Waals surface area contributed by atoms with E-state index in [-0.39, 0.29) is 11.4 Å². The number of rotatable bonds is 2. The molecule has 0 atom stereocenters. The van der Waals surface area contributed by atoms with Crippen LogP contribution in [-0.4, -0.2) is 27.3 Å². The molecule has 0 unspecified atom stereocenters. The van der Waals surface area contributed by atoms with Gasteiger partial charge in [-0.3, -0.25) is 0 Å². The van der Waals surface area contributed by atoms with Gasteiger partial charge < -0.3 is 24.7 Å². The van der Waals surface area contributed by atoms with Crippen LogP contribution in [0.2, 0.25) is 0 Å². The molecule has 0 aliphatic heterocycles. The van der Waals surface area contributed by atoms with Crippen molar-refractivity contribution in [2.75, 3.05) is 0 Å². The van der Waals surface area contributed by atoms with E-state index < -0.39 is 7.32 Å². The summed E-state index contributed by atoms with van der Waals surface area (Å²) in [5, 5.41) is 17.1. The molecule has 0 spiro atoms. The fourth-order valence-corrected chi connectivity index (χ4v) is 1.21. The van der Waals surface area contributed by atoms with Crippen molar-refractivity contribution < 1.29 is 14.7 Å². The molecule has 14 heavy (non-hydrogen) atoms. The van der Waals surface area contributed by atoms with Crippen LogP contribution in [-0.2, 0) is 0 Å². The number of aromatic amines is 2. The first-order valence-corrected chi connectivity index (χ1v) is 3.90. The Bertz CT molecular complexity index is 504. The Morgan fingerprint density at radius 3 is 2.64 bits per heavy atom. The van der Waals surface area contributed by atoms with Gasteiger partial charge in [-0.25, -0.2) is 4.79 Å². The fraction of sp³-hybridized carbons (Fsp3) is 0. The van der Waals surface area contributed by atoms with E-state index in [0.717, 1.165) is 0 Å². The molecule has 0 bridgehead atoms. The minimum atomic E-state index is -1.86. The van der Waals surface area contributed by atoms with Crippen molar-refractivity contribution in [3.05, 3.63) is 28.7 Å². The van der Waals surface area contributed by atoms with Crippen LogP contribution in [0.25, 0.3) is 11.0 Å². The van der Waals surface area contributed by atoms with Crippen LogP contribution in [0.4, 0.5) is 0 Å². The van der Waals surface area contributed by atoms with Gasteiger partial charge in [0.2, 0.25) is 0 Å². The molecule has 7 heteroatoms. The third-order valence-electron chi connectivity index (χ3n) is 1.73. The summed E-state index contributed by atoms with van der Waals surface area (Å²) in [5.74, 6) is 0.266. The van der Waals surface area contributed by atoms with Crippen LogP contribution in [0.3, 0.4) is 0 Å². The molecule has 4 N–H and O–H groups in total.